The van der Waals surface area contributed by atoms with Crippen LogP contribution in [0.5, 0.6) is 0 Å². The molecule has 1 rings (SSSR count). The Balaban J connectivity index is 3.29. The van der Waals surface area contributed by atoms with Gasteiger partial charge in [0.2, 0.25) is 10.0 Å². The number of ether oxygens (including phenoxy) is 1. The van der Waals surface area contributed by atoms with E-state index in [1.807, 2.05) is 0 Å². The summed E-state index contributed by atoms with van der Waals surface area (Å²) in [7, 11) is -2.99. The van der Waals surface area contributed by atoms with Gasteiger partial charge in [0.25, 0.3) is 0 Å². The second-order valence-corrected chi connectivity index (χ2v) is 6.78. The smallest absolute Gasteiger partial charge is 0.321 e. The Morgan fingerprint density at radius 2 is 2.00 bits per heavy atom. The Kier molecular flexibility index (Phi) is 6.40. The predicted molar refractivity (Wildman–Crippen MR) is 77.5 cm³/mol. The number of sulfonamides is 1. The molecule has 0 aliphatic carbocycles. The molecule has 0 bridgehead atoms. The fourth-order valence-electron chi connectivity index (χ4n) is 1.59. The zero-order valence-corrected chi connectivity index (χ0v) is 13.7. The molecule has 0 aliphatic heterocycles. The van der Waals surface area contributed by atoms with Crippen molar-refractivity contribution in [3.8, 4) is 0 Å². The van der Waals surface area contributed by atoms with Gasteiger partial charge in [-0.2, -0.15) is 4.31 Å². The molecule has 0 fully saturated rings. The minimum atomic E-state index is -4.14. The van der Waals surface area contributed by atoms with Gasteiger partial charge in [-0.1, -0.05) is 30.1 Å². The molecule has 5 nitrogen and oxygen atoms in total. The van der Waals surface area contributed by atoms with E-state index in [1.165, 1.54) is 0 Å². The van der Waals surface area contributed by atoms with Gasteiger partial charge in [-0.25, -0.2) is 12.8 Å². The number of methoxy groups -OCH3 is 1. The normalized spacial score (nSPS) is 11.7. The molecule has 0 N–H and O–H groups in total. The summed E-state index contributed by atoms with van der Waals surface area (Å²) in [6.45, 7) is 1.33. The van der Waals surface area contributed by atoms with Gasteiger partial charge in [0.15, 0.2) is 5.82 Å². The van der Waals surface area contributed by atoms with Crippen LogP contribution < -0.4 is 0 Å². The third kappa shape index (κ3) is 4.06. The van der Waals surface area contributed by atoms with Crippen LogP contribution in [0.3, 0.4) is 0 Å². The fraction of sp³-hybridized carbons (Fsp3) is 0.417. The Morgan fingerprint density at radius 1 is 1.38 bits per heavy atom. The first-order valence-corrected chi connectivity index (χ1v) is 8.15. The molecule has 0 unspecified atom stereocenters. The number of nitrogens with zero attached hydrogens (tertiary/aromatic N) is 1. The third-order valence-electron chi connectivity index (χ3n) is 2.62. The number of rotatable bonds is 6. The molecule has 0 saturated heterocycles. The summed E-state index contributed by atoms with van der Waals surface area (Å²) in [6.07, 6.45) is 0.462. The average Bonchev–Trinajstić information content (AvgIpc) is 2.43. The molecule has 0 amide bonds. The van der Waals surface area contributed by atoms with E-state index in [-0.39, 0.29) is 11.6 Å². The van der Waals surface area contributed by atoms with Crippen LogP contribution in [0.25, 0.3) is 0 Å². The molecule has 21 heavy (non-hydrogen) atoms. The molecular formula is C12H14Cl2FNO4S. The summed E-state index contributed by atoms with van der Waals surface area (Å²) in [5.74, 6) is -1.74. The number of benzene rings is 1. The van der Waals surface area contributed by atoms with Crippen LogP contribution in [0.15, 0.2) is 17.0 Å². The van der Waals surface area contributed by atoms with E-state index in [2.05, 4.69) is 4.74 Å². The highest BCUT2D eigenvalue weighted by atomic mass is 35.5. The number of carbonyl (C=O) groups is 1. The van der Waals surface area contributed by atoms with Crippen molar-refractivity contribution >= 4 is 39.2 Å². The first-order valence-electron chi connectivity index (χ1n) is 5.96. The van der Waals surface area contributed by atoms with Gasteiger partial charge in [0.05, 0.1) is 17.2 Å². The average molecular weight is 358 g/mol. The number of hydrogen-bond donors (Lipinski definition) is 0. The zero-order chi connectivity index (χ0) is 16.2. The third-order valence-corrected chi connectivity index (χ3v) is 5.28. The van der Waals surface area contributed by atoms with Gasteiger partial charge in [-0.15, -0.1) is 0 Å². The summed E-state index contributed by atoms with van der Waals surface area (Å²) in [5, 5.41) is -0.887. The SMILES string of the molecule is CCCN(CC(=O)OC)S(=O)(=O)c1ccc(Cl)c(F)c1Cl. The molecule has 0 aliphatic rings. The Hall–Kier alpha value is -0.890. The van der Waals surface area contributed by atoms with E-state index in [1.54, 1.807) is 6.92 Å². The highest BCUT2D eigenvalue weighted by molar-refractivity contribution is 7.89. The molecule has 118 valence electrons. The Morgan fingerprint density at radius 3 is 2.52 bits per heavy atom. The molecule has 0 atom stereocenters. The lowest BCUT2D eigenvalue weighted by atomic mass is 10.3. The van der Waals surface area contributed by atoms with Crippen molar-refractivity contribution in [1.82, 2.24) is 4.31 Å². The van der Waals surface area contributed by atoms with Crippen molar-refractivity contribution in [2.75, 3.05) is 20.2 Å². The van der Waals surface area contributed by atoms with Gasteiger partial charge in [0, 0.05) is 6.54 Å². The van der Waals surface area contributed by atoms with Crippen molar-refractivity contribution < 1.29 is 22.3 Å². The summed E-state index contributed by atoms with van der Waals surface area (Å²) in [5.41, 5.74) is 0. The molecule has 1 aromatic rings. The van der Waals surface area contributed by atoms with E-state index in [9.17, 15) is 17.6 Å². The van der Waals surface area contributed by atoms with Crippen LogP contribution in [0.4, 0.5) is 4.39 Å². The molecule has 0 spiro atoms. The highest BCUT2D eigenvalue weighted by Crippen LogP contribution is 2.31. The largest absolute Gasteiger partial charge is 0.468 e. The first kappa shape index (κ1) is 18.2. The molecule has 0 heterocycles. The predicted octanol–water partition coefficient (Wildman–Crippen LogP) is 2.71. The topological polar surface area (TPSA) is 63.7 Å². The van der Waals surface area contributed by atoms with Crippen molar-refractivity contribution in [3.63, 3.8) is 0 Å². The van der Waals surface area contributed by atoms with Crippen LogP contribution >= 0.6 is 23.2 Å². The standard InChI is InChI=1S/C12H14Cl2FNO4S/c1-3-6-16(7-10(17)20-2)21(18,19)9-5-4-8(13)12(15)11(9)14/h4-5H,3,6-7H2,1-2H3. The number of carbonyl (C=O) groups excluding carboxylic acids is 1. The lowest BCUT2D eigenvalue weighted by molar-refractivity contribution is -0.140. The Bertz CT molecular complexity index is 636. The second kappa shape index (κ2) is 7.40. The summed E-state index contributed by atoms with van der Waals surface area (Å²) in [4.78, 5) is 10.9. The molecular weight excluding hydrogens is 344 g/mol. The maximum atomic E-state index is 13.7. The quantitative estimate of drug-likeness (QED) is 0.579. The van der Waals surface area contributed by atoms with Crippen molar-refractivity contribution in [2.24, 2.45) is 0 Å². The minimum Gasteiger partial charge on any atom is -0.468 e. The highest BCUT2D eigenvalue weighted by Gasteiger charge is 2.30. The minimum absolute atomic E-state index is 0.0675. The summed E-state index contributed by atoms with van der Waals surface area (Å²) < 4.78 is 44.0. The first-order chi connectivity index (χ1) is 9.75. The number of hydrogen-bond acceptors (Lipinski definition) is 4. The van der Waals surface area contributed by atoms with Gasteiger partial charge >= 0.3 is 5.97 Å². The second-order valence-electron chi connectivity index (χ2n) is 4.09. The maximum Gasteiger partial charge on any atom is 0.321 e. The van der Waals surface area contributed by atoms with Gasteiger partial charge in [-0.3, -0.25) is 4.79 Å². The number of halogens is 3. The van der Waals surface area contributed by atoms with Crippen LogP contribution in [-0.4, -0.2) is 38.9 Å². The van der Waals surface area contributed by atoms with Gasteiger partial charge in [0.1, 0.15) is 11.4 Å². The van der Waals surface area contributed by atoms with E-state index >= 15 is 0 Å². The molecule has 9 heteroatoms. The Labute approximate surface area is 132 Å². The van der Waals surface area contributed by atoms with E-state index in [0.29, 0.717) is 6.42 Å². The van der Waals surface area contributed by atoms with E-state index < -0.39 is 38.3 Å². The zero-order valence-electron chi connectivity index (χ0n) is 11.4. The lowest BCUT2D eigenvalue weighted by Gasteiger charge is -2.21. The van der Waals surface area contributed by atoms with Crippen LogP contribution in [0.2, 0.25) is 10.0 Å². The number of esters is 1. The monoisotopic (exact) mass is 357 g/mol. The molecule has 0 saturated carbocycles. The van der Waals surface area contributed by atoms with Crippen LogP contribution in [0, 0.1) is 5.82 Å². The summed E-state index contributed by atoms with van der Waals surface area (Å²) >= 11 is 11.3. The van der Waals surface area contributed by atoms with Gasteiger partial charge < -0.3 is 4.74 Å². The molecule has 0 radical (unpaired) electrons. The maximum absolute atomic E-state index is 13.7. The molecule has 1 aromatic carbocycles. The van der Waals surface area contributed by atoms with Crippen molar-refractivity contribution in [1.29, 1.82) is 0 Å². The van der Waals surface area contributed by atoms with E-state index in [4.69, 9.17) is 23.2 Å². The summed E-state index contributed by atoms with van der Waals surface area (Å²) in [6, 6.07) is 2.20. The van der Waals surface area contributed by atoms with Crippen molar-refractivity contribution in [2.45, 2.75) is 18.2 Å². The van der Waals surface area contributed by atoms with Crippen LogP contribution in [-0.2, 0) is 19.6 Å². The van der Waals surface area contributed by atoms with E-state index in [0.717, 1.165) is 23.5 Å². The molecule has 0 aromatic heterocycles. The van der Waals surface area contributed by atoms with Gasteiger partial charge in [-0.05, 0) is 18.6 Å². The lowest BCUT2D eigenvalue weighted by Crippen LogP contribution is -2.37. The van der Waals surface area contributed by atoms with Crippen LogP contribution in [0.1, 0.15) is 13.3 Å². The fourth-order valence-corrected chi connectivity index (χ4v) is 3.78. The van der Waals surface area contributed by atoms with Crippen molar-refractivity contribution in [3.05, 3.63) is 28.0 Å².